The number of carbonyl (C=O) groups excluding carboxylic acids is 2. The van der Waals surface area contributed by atoms with Crippen molar-refractivity contribution in [1.29, 1.82) is 0 Å². The maximum Gasteiger partial charge on any atom is 0.354 e. The molecule has 4 aromatic rings. The number of hydroxylamine groups is 1. The third kappa shape index (κ3) is 3.52. The number of anilines is 1. The van der Waals surface area contributed by atoms with Gasteiger partial charge in [-0.1, -0.05) is 30.3 Å². The fourth-order valence-electron chi connectivity index (χ4n) is 3.31. The normalized spacial score (nSPS) is 11.3. The van der Waals surface area contributed by atoms with Gasteiger partial charge in [-0.15, -0.1) is 0 Å². The van der Waals surface area contributed by atoms with Crippen LogP contribution in [-0.4, -0.2) is 39.7 Å². The Hall–Kier alpha value is -3.66. The molecule has 1 amide bonds. The van der Waals surface area contributed by atoms with Gasteiger partial charge in [0.2, 0.25) is 6.41 Å². The van der Waals surface area contributed by atoms with E-state index in [9.17, 15) is 19.8 Å². The first-order valence-corrected chi connectivity index (χ1v) is 9.06. The van der Waals surface area contributed by atoms with Crippen LogP contribution >= 0.6 is 0 Å². The van der Waals surface area contributed by atoms with Crippen LogP contribution in [0.5, 0.6) is 0 Å². The van der Waals surface area contributed by atoms with Crippen LogP contribution in [0.1, 0.15) is 28.0 Å². The average molecular weight is 409 g/mol. The molecule has 0 unspecified atom stereocenters. The molecule has 9 nitrogen and oxygen atoms in total. The summed E-state index contributed by atoms with van der Waals surface area (Å²) in [5.41, 5.74) is 2.56. The fraction of sp³-hybridized carbons (Fsp3) is 0.143. The highest BCUT2D eigenvalue weighted by atomic mass is 16.7. The predicted octanol–water partition coefficient (Wildman–Crippen LogP) is 2.51. The lowest BCUT2D eigenvalue weighted by atomic mass is 10.1. The second-order valence-electron chi connectivity index (χ2n) is 6.61. The Kier molecular flexibility index (Phi) is 5.23. The largest absolute Gasteiger partial charge is 0.464 e. The molecule has 4 N–H and O–H groups in total. The first kappa shape index (κ1) is 19.6. The van der Waals surface area contributed by atoms with Gasteiger partial charge in [0, 0.05) is 16.3 Å². The number of ether oxygens (including phenoxy) is 1. The molecule has 30 heavy (non-hydrogen) atoms. The van der Waals surface area contributed by atoms with Gasteiger partial charge >= 0.3 is 5.97 Å². The first-order chi connectivity index (χ1) is 14.5. The number of aromatic amines is 2. The van der Waals surface area contributed by atoms with Gasteiger partial charge < -0.3 is 24.9 Å². The van der Waals surface area contributed by atoms with Crippen molar-refractivity contribution in [3.8, 4) is 0 Å². The maximum absolute atomic E-state index is 11.9. The van der Waals surface area contributed by atoms with E-state index in [0.717, 1.165) is 10.6 Å². The molecule has 2 aromatic carbocycles. The van der Waals surface area contributed by atoms with Gasteiger partial charge in [-0.05, 0) is 23.8 Å². The summed E-state index contributed by atoms with van der Waals surface area (Å²) < 4.78 is 4.76. The molecule has 0 aliphatic heterocycles. The third-order valence-electron chi connectivity index (χ3n) is 4.74. The lowest BCUT2D eigenvalue weighted by Gasteiger charge is -2.18. The number of nitrogens with zero attached hydrogens (tertiary/aromatic N) is 1. The number of methoxy groups -OCH3 is 1. The van der Waals surface area contributed by atoms with E-state index in [1.54, 1.807) is 18.2 Å². The first-order valence-electron chi connectivity index (χ1n) is 9.06. The monoisotopic (exact) mass is 409 g/mol. The number of benzene rings is 2. The summed E-state index contributed by atoms with van der Waals surface area (Å²) in [6, 6.07) is 14.1. The van der Waals surface area contributed by atoms with Crippen molar-refractivity contribution >= 4 is 39.9 Å². The zero-order chi connectivity index (χ0) is 21.3. The Balaban J connectivity index is 1.83. The Morgan fingerprint density at radius 2 is 1.90 bits per heavy atom. The third-order valence-corrected chi connectivity index (χ3v) is 4.74. The molecular weight excluding hydrogens is 390 g/mol. The number of aliphatic hydroxyl groups is 2. The van der Waals surface area contributed by atoms with Crippen LogP contribution in [0.4, 0.5) is 5.69 Å². The second kappa shape index (κ2) is 7.99. The number of fused-ring (bicyclic) bond motifs is 3. The highest BCUT2D eigenvalue weighted by Gasteiger charge is 2.20. The number of aliphatic hydroxyl groups excluding tert-OH is 1. The van der Waals surface area contributed by atoms with Gasteiger partial charge in [0.05, 0.1) is 24.0 Å². The molecule has 0 atom stereocenters. The van der Waals surface area contributed by atoms with Crippen LogP contribution in [0.25, 0.3) is 21.8 Å². The van der Waals surface area contributed by atoms with Crippen molar-refractivity contribution in [3.05, 3.63) is 65.5 Å². The minimum atomic E-state index is -1.74. The predicted molar refractivity (Wildman–Crippen MR) is 108 cm³/mol. The van der Waals surface area contributed by atoms with Crippen LogP contribution < -0.4 is 5.06 Å². The van der Waals surface area contributed by atoms with Crippen molar-refractivity contribution < 1.29 is 29.4 Å². The lowest BCUT2D eigenvalue weighted by Crippen LogP contribution is -2.21. The number of hydrogen-bond donors (Lipinski definition) is 4. The quantitative estimate of drug-likeness (QED) is 0.161. The number of amides is 1. The number of H-pyrrole nitrogens is 2. The van der Waals surface area contributed by atoms with Crippen molar-refractivity contribution in [2.24, 2.45) is 0 Å². The highest BCUT2D eigenvalue weighted by molar-refractivity contribution is 6.14. The van der Waals surface area contributed by atoms with Crippen molar-refractivity contribution in [2.45, 2.75) is 12.9 Å². The van der Waals surface area contributed by atoms with Crippen molar-refractivity contribution in [1.82, 2.24) is 9.97 Å². The summed E-state index contributed by atoms with van der Waals surface area (Å²) >= 11 is 0. The molecule has 0 aliphatic rings. The number of rotatable bonds is 7. The molecule has 0 bridgehead atoms. The van der Waals surface area contributed by atoms with E-state index in [1.165, 1.54) is 7.11 Å². The van der Waals surface area contributed by atoms with Crippen molar-refractivity contribution in [3.63, 3.8) is 0 Å². The van der Waals surface area contributed by atoms with Gasteiger partial charge in [0.25, 0.3) is 0 Å². The van der Waals surface area contributed by atoms with Gasteiger partial charge in [-0.2, -0.15) is 5.06 Å². The standard InChI is InChI=1S/C21H19N3O6/c1-29-21(28)17-7-13-14-8-16(20(26)27)23-19(14)18(9-15(13)22-17)24(11-25)30-10-12-5-3-2-4-6-12/h2-9,11,20,22-23,26-27H,10H2,1H3. The van der Waals surface area contributed by atoms with E-state index in [1.807, 2.05) is 30.3 Å². The average Bonchev–Trinajstić information content (AvgIpc) is 3.38. The van der Waals surface area contributed by atoms with Crippen LogP contribution in [-0.2, 0) is 21.0 Å². The van der Waals surface area contributed by atoms with E-state index in [2.05, 4.69) is 9.97 Å². The van der Waals surface area contributed by atoms with E-state index >= 15 is 0 Å². The van der Waals surface area contributed by atoms with Gasteiger partial charge in [-0.3, -0.25) is 9.63 Å². The molecule has 0 fully saturated rings. The summed E-state index contributed by atoms with van der Waals surface area (Å²) in [7, 11) is 1.27. The van der Waals surface area contributed by atoms with E-state index in [-0.39, 0.29) is 18.0 Å². The molecular formula is C21H19N3O6. The van der Waals surface area contributed by atoms with Gasteiger partial charge in [-0.25, -0.2) is 4.79 Å². The minimum Gasteiger partial charge on any atom is -0.464 e. The number of hydrogen-bond acceptors (Lipinski definition) is 6. The molecule has 9 heteroatoms. The van der Waals surface area contributed by atoms with Gasteiger partial charge in [0.15, 0.2) is 6.29 Å². The summed E-state index contributed by atoms with van der Waals surface area (Å²) in [6.45, 7) is 0.146. The summed E-state index contributed by atoms with van der Waals surface area (Å²) in [4.78, 5) is 35.3. The Labute approximate surface area is 170 Å². The number of aromatic nitrogens is 2. The number of esters is 1. The maximum atomic E-state index is 11.9. The SMILES string of the molecule is COC(=O)c1cc2c(cc(N(C=O)OCc3ccccc3)c3[nH]c(C(O)O)cc32)[nH]1. The molecule has 4 rings (SSSR count). The fourth-order valence-corrected chi connectivity index (χ4v) is 3.31. The molecule has 0 saturated heterocycles. The van der Waals surface area contributed by atoms with Gasteiger partial charge in [0.1, 0.15) is 12.3 Å². The smallest absolute Gasteiger partial charge is 0.354 e. The molecule has 0 spiro atoms. The molecule has 2 heterocycles. The Morgan fingerprint density at radius 3 is 2.57 bits per heavy atom. The molecule has 0 aliphatic carbocycles. The molecule has 154 valence electrons. The zero-order valence-corrected chi connectivity index (χ0v) is 16.0. The van der Waals surface area contributed by atoms with Crippen molar-refractivity contribution in [2.75, 3.05) is 12.2 Å². The summed E-state index contributed by atoms with van der Waals surface area (Å²) in [5.74, 6) is -0.550. The summed E-state index contributed by atoms with van der Waals surface area (Å²) in [5, 5.41) is 21.5. The highest BCUT2D eigenvalue weighted by Crippen LogP contribution is 2.35. The van der Waals surface area contributed by atoms with Crippen LogP contribution in [0.3, 0.4) is 0 Å². The summed E-state index contributed by atoms with van der Waals surface area (Å²) in [6.07, 6.45) is -1.22. The van der Waals surface area contributed by atoms with Crippen LogP contribution in [0.2, 0.25) is 0 Å². The van der Waals surface area contributed by atoms with Crippen LogP contribution in [0, 0.1) is 0 Å². The number of nitrogens with one attached hydrogen (secondary N) is 2. The topological polar surface area (TPSA) is 128 Å². The Morgan fingerprint density at radius 1 is 1.13 bits per heavy atom. The van der Waals surface area contributed by atoms with E-state index in [0.29, 0.717) is 33.9 Å². The Bertz CT molecular complexity index is 1210. The van der Waals surface area contributed by atoms with E-state index in [4.69, 9.17) is 9.57 Å². The van der Waals surface area contributed by atoms with E-state index < -0.39 is 12.3 Å². The zero-order valence-electron chi connectivity index (χ0n) is 16.0. The lowest BCUT2D eigenvalue weighted by molar-refractivity contribution is -0.114. The van der Waals surface area contributed by atoms with Crippen LogP contribution in [0.15, 0.2) is 48.5 Å². The molecule has 2 aromatic heterocycles. The second-order valence-corrected chi connectivity index (χ2v) is 6.61. The molecule has 0 saturated carbocycles. The number of carbonyl (C=O) groups is 2. The minimum absolute atomic E-state index is 0.133. The molecule has 0 radical (unpaired) electrons.